The molecular weight excluding hydrogens is 204 g/mol. The topological polar surface area (TPSA) is 55.2 Å². The Morgan fingerprint density at radius 1 is 1.50 bits per heavy atom. The Labute approximate surface area is 95.8 Å². The number of rotatable bonds is 6. The second-order valence-electron chi connectivity index (χ2n) is 4.00. The molecule has 88 valence electrons. The maximum absolute atomic E-state index is 10.6. The third kappa shape index (κ3) is 3.88. The first-order valence-electron chi connectivity index (χ1n) is 5.64. The van der Waals surface area contributed by atoms with Gasteiger partial charge in [0.2, 0.25) is 0 Å². The van der Waals surface area contributed by atoms with Crippen molar-refractivity contribution in [3.63, 3.8) is 0 Å². The van der Waals surface area contributed by atoms with Crippen LogP contribution in [0.3, 0.4) is 0 Å². The van der Waals surface area contributed by atoms with Crippen molar-refractivity contribution < 1.29 is 4.92 Å². The number of hydrogen-bond donors (Lipinski definition) is 1. The fourth-order valence-corrected chi connectivity index (χ4v) is 1.58. The van der Waals surface area contributed by atoms with E-state index in [9.17, 15) is 10.1 Å². The number of nitro benzene ring substituents is 1. The number of unbranched alkanes of at least 4 members (excludes halogenated alkanes) is 1. The van der Waals surface area contributed by atoms with Gasteiger partial charge in [-0.1, -0.05) is 25.8 Å². The minimum atomic E-state index is -0.373. The molecule has 0 aliphatic carbocycles. The standard InChI is InChI=1S/C12H18N2O2/c1-3-4-6-10(2)13-11-7-5-8-12(9-11)14(15)16/h5,7-10,13H,3-4,6H2,1-2H3. The van der Waals surface area contributed by atoms with Gasteiger partial charge in [0.05, 0.1) is 4.92 Å². The number of nitrogens with one attached hydrogen (secondary N) is 1. The minimum Gasteiger partial charge on any atom is -0.382 e. The Morgan fingerprint density at radius 3 is 2.88 bits per heavy atom. The highest BCUT2D eigenvalue weighted by atomic mass is 16.6. The Balaban J connectivity index is 2.59. The highest BCUT2D eigenvalue weighted by molar-refractivity contribution is 5.51. The summed E-state index contributed by atoms with van der Waals surface area (Å²) in [5.74, 6) is 0. The average molecular weight is 222 g/mol. The van der Waals surface area contributed by atoms with E-state index in [1.54, 1.807) is 12.1 Å². The van der Waals surface area contributed by atoms with Crippen molar-refractivity contribution in [1.29, 1.82) is 0 Å². The molecule has 1 rings (SSSR count). The summed E-state index contributed by atoms with van der Waals surface area (Å²) < 4.78 is 0. The molecule has 0 radical (unpaired) electrons. The van der Waals surface area contributed by atoms with E-state index in [0.29, 0.717) is 6.04 Å². The molecule has 1 atom stereocenters. The van der Waals surface area contributed by atoms with Gasteiger partial charge in [0.1, 0.15) is 0 Å². The lowest BCUT2D eigenvalue weighted by Crippen LogP contribution is -2.14. The van der Waals surface area contributed by atoms with Crippen LogP contribution in [0.5, 0.6) is 0 Å². The van der Waals surface area contributed by atoms with Gasteiger partial charge in [-0.2, -0.15) is 0 Å². The van der Waals surface area contributed by atoms with Gasteiger partial charge in [0.15, 0.2) is 0 Å². The maximum atomic E-state index is 10.6. The molecule has 0 saturated heterocycles. The van der Waals surface area contributed by atoms with Crippen molar-refractivity contribution in [1.82, 2.24) is 0 Å². The molecule has 1 N–H and O–H groups in total. The fourth-order valence-electron chi connectivity index (χ4n) is 1.58. The molecule has 1 aromatic carbocycles. The van der Waals surface area contributed by atoms with Crippen LogP contribution in [-0.2, 0) is 0 Å². The Kier molecular flexibility index (Phi) is 4.76. The van der Waals surface area contributed by atoms with Crippen LogP contribution in [0.2, 0.25) is 0 Å². The van der Waals surface area contributed by atoms with Gasteiger partial charge < -0.3 is 5.32 Å². The second-order valence-corrected chi connectivity index (χ2v) is 4.00. The summed E-state index contributed by atoms with van der Waals surface area (Å²) in [6.07, 6.45) is 3.42. The Bertz CT molecular complexity index is 353. The summed E-state index contributed by atoms with van der Waals surface area (Å²) in [6, 6.07) is 6.98. The lowest BCUT2D eigenvalue weighted by atomic mass is 10.1. The summed E-state index contributed by atoms with van der Waals surface area (Å²) >= 11 is 0. The van der Waals surface area contributed by atoms with Crippen LogP contribution in [0, 0.1) is 10.1 Å². The molecule has 0 saturated carbocycles. The third-order valence-electron chi connectivity index (χ3n) is 2.46. The predicted octanol–water partition coefficient (Wildman–Crippen LogP) is 3.59. The van der Waals surface area contributed by atoms with Crippen LogP contribution in [0.1, 0.15) is 33.1 Å². The monoisotopic (exact) mass is 222 g/mol. The molecule has 1 aromatic rings. The van der Waals surface area contributed by atoms with Gasteiger partial charge in [-0.3, -0.25) is 10.1 Å². The summed E-state index contributed by atoms with van der Waals surface area (Å²) in [5, 5.41) is 13.9. The van der Waals surface area contributed by atoms with Crippen LogP contribution >= 0.6 is 0 Å². The highest BCUT2D eigenvalue weighted by Crippen LogP contribution is 2.18. The molecule has 0 bridgehead atoms. The number of nitro groups is 1. The second kappa shape index (κ2) is 6.10. The zero-order valence-corrected chi connectivity index (χ0v) is 9.77. The van der Waals surface area contributed by atoms with Gasteiger partial charge in [-0.05, 0) is 19.4 Å². The molecule has 0 aromatic heterocycles. The molecular formula is C12H18N2O2. The van der Waals surface area contributed by atoms with E-state index in [4.69, 9.17) is 0 Å². The minimum absolute atomic E-state index is 0.132. The van der Waals surface area contributed by atoms with Crippen molar-refractivity contribution in [2.75, 3.05) is 5.32 Å². The Morgan fingerprint density at radius 2 is 2.25 bits per heavy atom. The van der Waals surface area contributed by atoms with Crippen LogP contribution in [0.15, 0.2) is 24.3 Å². The molecule has 1 unspecified atom stereocenters. The van der Waals surface area contributed by atoms with Crippen molar-refractivity contribution in [3.05, 3.63) is 34.4 Å². The van der Waals surface area contributed by atoms with Crippen molar-refractivity contribution >= 4 is 11.4 Å². The van der Waals surface area contributed by atoms with Crippen molar-refractivity contribution in [2.24, 2.45) is 0 Å². The van der Waals surface area contributed by atoms with E-state index < -0.39 is 0 Å². The van der Waals surface area contributed by atoms with E-state index in [-0.39, 0.29) is 10.6 Å². The van der Waals surface area contributed by atoms with Gasteiger partial charge in [0, 0.05) is 23.9 Å². The van der Waals surface area contributed by atoms with E-state index >= 15 is 0 Å². The van der Waals surface area contributed by atoms with Gasteiger partial charge >= 0.3 is 0 Å². The first-order chi connectivity index (χ1) is 7.63. The summed E-state index contributed by atoms with van der Waals surface area (Å²) in [5.41, 5.74) is 0.950. The fraction of sp³-hybridized carbons (Fsp3) is 0.500. The SMILES string of the molecule is CCCCC(C)Nc1cccc([N+](=O)[O-])c1. The highest BCUT2D eigenvalue weighted by Gasteiger charge is 2.07. The molecule has 0 aliphatic rings. The number of anilines is 1. The smallest absolute Gasteiger partial charge is 0.271 e. The largest absolute Gasteiger partial charge is 0.382 e. The van der Waals surface area contributed by atoms with Crippen LogP contribution < -0.4 is 5.32 Å². The zero-order valence-electron chi connectivity index (χ0n) is 9.77. The molecule has 0 spiro atoms. The molecule has 0 aliphatic heterocycles. The van der Waals surface area contributed by atoms with Crippen molar-refractivity contribution in [2.45, 2.75) is 39.2 Å². The lowest BCUT2D eigenvalue weighted by molar-refractivity contribution is -0.384. The van der Waals surface area contributed by atoms with Crippen LogP contribution in [0.4, 0.5) is 11.4 Å². The van der Waals surface area contributed by atoms with E-state index in [2.05, 4.69) is 19.2 Å². The molecule has 4 heteroatoms. The lowest BCUT2D eigenvalue weighted by Gasteiger charge is -2.14. The predicted molar refractivity (Wildman–Crippen MR) is 65.7 cm³/mol. The normalized spacial score (nSPS) is 12.1. The van der Waals surface area contributed by atoms with Crippen LogP contribution in [0.25, 0.3) is 0 Å². The number of non-ortho nitro benzene ring substituents is 1. The first-order valence-corrected chi connectivity index (χ1v) is 5.64. The number of benzene rings is 1. The van der Waals surface area contributed by atoms with E-state index in [0.717, 1.165) is 12.1 Å². The van der Waals surface area contributed by atoms with E-state index in [1.807, 2.05) is 6.07 Å². The summed E-state index contributed by atoms with van der Waals surface area (Å²) in [6.45, 7) is 4.24. The first kappa shape index (κ1) is 12.5. The Hall–Kier alpha value is -1.58. The molecule has 16 heavy (non-hydrogen) atoms. The van der Waals surface area contributed by atoms with Crippen molar-refractivity contribution in [3.8, 4) is 0 Å². The number of nitrogens with zero attached hydrogens (tertiary/aromatic N) is 1. The van der Waals surface area contributed by atoms with Gasteiger partial charge in [0.25, 0.3) is 5.69 Å². The quantitative estimate of drug-likeness (QED) is 0.591. The molecule has 0 heterocycles. The summed E-state index contributed by atoms with van der Waals surface area (Å²) in [7, 11) is 0. The third-order valence-corrected chi connectivity index (χ3v) is 2.46. The number of hydrogen-bond acceptors (Lipinski definition) is 3. The van der Waals surface area contributed by atoms with Gasteiger partial charge in [-0.25, -0.2) is 0 Å². The summed E-state index contributed by atoms with van der Waals surface area (Å²) in [4.78, 5) is 10.2. The molecule has 0 amide bonds. The maximum Gasteiger partial charge on any atom is 0.271 e. The molecule has 0 fully saturated rings. The van der Waals surface area contributed by atoms with E-state index in [1.165, 1.54) is 18.9 Å². The molecule has 4 nitrogen and oxygen atoms in total. The van der Waals surface area contributed by atoms with Gasteiger partial charge in [-0.15, -0.1) is 0 Å². The van der Waals surface area contributed by atoms with Crippen LogP contribution in [-0.4, -0.2) is 11.0 Å². The zero-order chi connectivity index (χ0) is 12.0. The average Bonchev–Trinajstić information content (AvgIpc) is 2.26.